The van der Waals surface area contributed by atoms with E-state index in [1.54, 1.807) is 16.2 Å². The van der Waals surface area contributed by atoms with Gasteiger partial charge in [0, 0.05) is 31.7 Å². The van der Waals surface area contributed by atoms with E-state index in [2.05, 4.69) is 27.3 Å². The zero-order valence-electron chi connectivity index (χ0n) is 18.3. The van der Waals surface area contributed by atoms with Crippen LogP contribution >= 0.6 is 11.3 Å². The van der Waals surface area contributed by atoms with E-state index < -0.39 is 0 Å². The molecule has 1 aromatic carbocycles. The van der Waals surface area contributed by atoms with Crippen molar-refractivity contribution >= 4 is 22.2 Å². The number of benzene rings is 1. The number of imidazole rings is 1. The van der Waals surface area contributed by atoms with Gasteiger partial charge >= 0.3 is 0 Å². The molecule has 9 heteroatoms. The minimum atomic E-state index is -0.0399. The van der Waals surface area contributed by atoms with Crippen LogP contribution in [0.15, 0.2) is 46.5 Å². The summed E-state index contributed by atoms with van der Waals surface area (Å²) < 4.78 is 7.00. The van der Waals surface area contributed by atoms with Gasteiger partial charge in [0.25, 0.3) is 5.91 Å². The number of rotatable bonds is 7. The van der Waals surface area contributed by atoms with E-state index in [0.717, 1.165) is 47.8 Å². The molecule has 0 N–H and O–H groups in total. The third-order valence-corrected chi connectivity index (χ3v) is 6.97. The van der Waals surface area contributed by atoms with Crippen molar-refractivity contribution in [2.45, 2.75) is 38.8 Å². The highest BCUT2D eigenvalue weighted by molar-refractivity contribution is 7.15. The summed E-state index contributed by atoms with van der Waals surface area (Å²) in [7, 11) is 1.85. The van der Waals surface area contributed by atoms with Gasteiger partial charge in [-0.2, -0.15) is 0 Å². The predicted octanol–water partition coefficient (Wildman–Crippen LogP) is 3.74. The summed E-state index contributed by atoms with van der Waals surface area (Å²) in [6, 6.07) is 10.4. The third kappa shape index (κ3) is 3.93. The van der Waals surface area contributed by atoms with Gasteiger partial charge in [0.1, 0.15) is 11.4 Å². The number of carbonyl (C=O) groups is 1. The molecule has 32 heavy (non-hydrogen) atoms. The first-order valence-corrected chi connectivity index (χ1v) is 11.8. The standard InChI is InChI=1S/C23H26N6O2S/c1-16-20(26-31-25-16)18-9-6-11-28(18)15-19-21(24-23-29(19)13-14-32-23)22(30)27(2)12-10-17-7-4-3-5-8-17/h3-5,7-8,13-14,18H,6,9-12,15H2,1-2H3/t18-/m0/s1. The number of aryl methyl sites for hydroxylation is 1. The lowest BCUT2D eigenvalue weighted by atomic mass is 10.1. The van der Waals surface area contributed by atoms with E-state index in [0.29, 0.717) is 18.8 Å². The normalized spacial score (nSPS) is 16.8. The number of likely N-dealkylation sites (tertiary alicyclic amines) is 1. The van der Waals surface area contributed by atoms with Crippen LogP contribution in [-0.2, 0) is 13.0 Å². The Morgan fingerprint density at radius 1 is 1.28 bits per heavy atom. The number of likely N-dealkylation sites (N-methyl/N-ethyl adjacent to an activating group) is 1. The van der Waals surface area contributed by atoms with Crippen molar-refractivity contribution in [1.29, 1.82) is 0 Å². The lowest BCUT2D eigenvalue weighted by molar-refractivity contribution is 0.0788. The second-order valence-corrected chi connectivity index (χ2v) is 9.16. The topological polar surface area (TPSA) is 79.8 Å². The van der Waals surface area contributed by atoms with Gasteiger partial charge in [-0.1, -0.05) is 40.6 Å². The molecule has 3 aromatic heterocycles. The molecule has 1 atom stereocenters. The summed E-state index contributed by atoms with van der Waals surface area (Å²) >= 11 is 1.55. The molecule has 1 fully saturated rings. The number of hydrogen-bond donors (Lipinski definition) is 0. The van der Waals surface area contributed by atoms with Crippen molar-refractivity contribution in [3.05, 3.63) is 70.2 Å². The molecule has 0 spiro atoms. The van der Waals surface area contributed by atoms with E-state index in [9.17, 15) is 4.79 Å². The second kappa shape index (κ2) is 8.84. The molecule has 4 aromatic rings. The summed E-state index contributed by atoms with van der Waals surface area (Å²) in [5.74, 6) is -0.0399. The minimum Gasteiger partial charge on any atom is -0.340 e. The SMILES string of the molecule is Cc1nonc1[C@@H]1CCCN1Cc1c(C(=O)N(C)CCc2ccccc2)nc2sccn12. The highest BCUT2D eigenvalue weighted by atomic mass is 32.1. The Morgan fingerprint density at radius 2 is 2.12 bits per heavy atom. The molecule has 0 bridgehead atoms. The van der Waals surface area contributed by atoms with Gasteiger partial charge < -0.3 is 4.90 Å². The van der Waals surface area contributed by atoms with Crippen LogP contribution in [0.3, 0.4) is 0 Å². The molecule has 166 valence electrons. The number of carbonyl (C=O) groups excluding carboxylic acids is 1. The van der Waals surface area contributed by atoms with Gasteiger partial charge in [-0.15, -0.1) is 11.3 Å². The van der Waals surface area contributed by atoms with Crippen molar-refractivity contribution in [2.75, 3.05) is 20.1 Å². The fourth-order valence-corrected chi connectivity index (χ4v) is 5.17. The lowest BCUT2D eigenvalue weighted by Crippen LogP contribution is -2.31. The Balaban J connectivity index is 1.38. The summed E-state index contributed by atoms with van der Waals surface area (Å²) in [5.41, 5.74) is 4.40. The van der Waals surface area contributed by atoms with Gasteiger partial charge in [0.05, 0.1) is 11.7 Å². The minimum absolute atomic E-state index is 0.0399. The smallest absolute Gasteiger partial charge is 0.274 e. The van der Waals surface area contributed by atoms with Gasteiger partial charge in [-0.3, -0.25) is 14.1 Å². The maximum Gasteiger partial charge on any atom is 0.274 e. The molecule has 0 saturated carbocycles. The number of nitrogens with zero attached hydrogens (tertiary/aromatic N) is 6. The van der Waals surface area contributed by atoms with Crippen LogP contribution in [0.4, 0.5) is 0 Å². The van der Waals surface area contributed by atoms with Crippen LogP contribution in [0.1, 0.15) is 52.0 Å². The number of amides is 1. The first kappa shape index (κ1) is 20.8. The first-order valence-electron chi connectivity index (χ1n) is 10.9. The maximum absolute atomic E-state index is 13.4. The molecule has 5 rings (SSSR count). The van der Waals surface area contributed by atoms with Crippen molar-refractivity contribution < 1.29 is 9.42 Å². The van der Waals surface area contributed by atoms with E-state index >= 15 is 0 Å². The molecule has 1 aliphatic rings. The molecular formula is C23H26N6O2S. The summed E-state index contributed by atoms with van der Waals surface area (Å²) in [6.07, 6.45) is 4.88. The van der Waals surface area contributed by atoms with E-state index in [1.807, 2.05) is 48.1 Å². The molecular weight excluding hydrogens is 424 g/mol. The number of fused-ring (bicyclic) bond motifs is 1. The van der Waals surface area contributed by atoms with Crippen LogP contribution in [0, 0.1) is 6.92 Å². The summed E-state index contributed by atoms with van der Waals surface area (Å²) in [5, 5.41) is 10.1. The van der Waals surface area contributed by atoms with E-state index in [1.165, 1.54) is 5.56 Å². The highest BCUT2D eigenvalue weighted by Crippen LogP contribution is 2.34. The molecule has 8 nitrogen and oxygen atoms in total. The Hall–Kier alpha value is -3.04. The van der Waals surface area contributed by atoms with Crippen LogP contribution < -0.4 is 0 Å². The van der Waals surface area contributed by atoms with Gasteiger partial charge in [0.15, 0.2) is 10.7 Å². The maximum atomic E-state index is 13.4. The first-order chi connectivity index (χ1) is 15.6. The number of aromatic nitrogens is 4. The Kier molecular flexibility index (Phi) is 5.75. The van der Waals surface area contributed by atoms with Gasteiger partial charge in [-0.05, 0) is 38.3 Å². The zero-order valence-corrected chi connectivity index (χ0v) is 19.1. The molecule has 4 heterocycles. The quantitative estimate of drug-likeness (QED) is 0.427. The Bertz CT molecular complexity index is 1210. The number of hydrogen-bond acceptors (Lipinski definition) is 7. The monoisotopic (exact) mass is 450 g/mol. The lowest BCUT2D eigenvalue weighted by Gasteiger charge is -2.23. The molecule has 0 aliphatic carbocycles. The average molecular weight is 451 g/mol. The van der Waals surface area contributed by atoms with Gasteiger partial charge in [-0.25, -0.2) is 9.61 Å². The highest BCUT2D eigenvalue weighted by Gasteiger charge is 2.33. The van der Waals surface area contributed by atoms with E-state index in [-0.39, 0.29) is 11.9 Å². The van der Waals surface area contributed by atoms with Crippen molar-refractivity contribution in [3.8, 4) is 0 Å². The number of thiazole rings is 1. The Labute approximate surface area is 190 Å². The molecule has 1 saturated heterocycles. The van der Waals surface area contributed by atoms with Crippen molar-refractivity contribution in [3.63, 3.8) is 0 Å². The van der Waals surface area contributed by atoms with Crippen LogP contribution in [0.5, 0.6) is 0 Å². The van der Waals surface area contributed by atoms with E-state index in [4.69, 9.17) is 9.61 Å². The summed E-state index contributed by atoms with van der Waals surface area (Å²) in [4.78, 5) is 23.1. The Morgan fingerprint density at radius 3 is 2.91 bits per heavy atom. The molecule has 1 aliphatic heterocycles. The molecule has 0 radical (unpaired) electrons. The average Bonchev–Trinajstić information content (AvgIpc) is 3.58. The van der Waals surface area contributed by atoms with Gasteiger partial charge in [0.2, 0.25) is 0 Å². The van der Waals surface area contributed by atoms with Crippen molar-refractivity contribution in [2.24, 2.45) is 0 Å². The van der Waals surface area contributed by atoms with Crippen LogP contribution in [0.25, 0.3) is 4.96 Å². The van der Waals surface area contributed by atoms with Crippen molar-refractivity contribution in [1.82, 2.24) is 29.5 Å². The second-order valence-electron chi connectivity index (χ2n) is 8.29. The largest absolute Gasteiger partial charge is 0.340 e. The fraction of sp³-hybridized carbons (Fsp3) is 0.391. The fourth-order valence-electron chi connectivity index (χ4n) is 4.44. The predicted molar refractivity (Wildman–Crippen MR) is 122 cm³/mol. The molecule has 0 unspecified atom stereocenters. The van der Waals surface area contributed by atoms with Crippen LogP contribution in [0.2, 0.25) is 0 Å². The molecule has 1 amide bonds. The third-order valence-electron chi connectivity index (χ3n) is 6.21. The van der Waals surface area contributed by atoms with Crippen LogP contribution in [-0.4, -0.2) is 55.5 Å². The zero-order chi connectivity index (χ0) is 22.1. The summed E-state index contributed by atoms with van der Waals surface area (Å²) in [6.45, 7) is 4.13.